The number of aromatic nitrogens is 2. The number of rotatable bonds is 6. The summed E-state index contributed by atoms with van der Waals surface area (Å²) in [5.74, 6) is 0.531. The van der Waals surface area contributed by atoms with Crippen LogP contribution in [0.1, 0.15) is 26.3 Å². The van der Waals surface area contributed by atoms with Gasteiger partial charge in [-0.15, -0.1) is 10.2 Å². The second kappa shape index (κ2) is 9.34. The van der Waals surface area contributed by atoms with E-state index in [9.17, 15) is 9.59 Å². The fraction of sp³-hybridized carbons (Fsp3) is 0. The number of ether oxygens (including phenoxy) is 1. The lowest BCUT2D eigenvalue weighted by Crippen LogP contribution is -2.08. The van der Waals surface area contributed by atoms with Gasteiger partial charge in [0.2, 0.25) is 11.8 Å². The smallest absolute Gasteiger partial charge is 0.343 e. The Morgan fingerprint density at radius 1 is 0.559 bits per heavy atom. The van der Waals surface area contributed by atoms with Gasteiger partial charge in [-0.25, -0.2) is 4.79 Å². The minimum atomic E-state index is -0.510. The molecular weight excluding hydrogens is 428 g/mol. The Bertz CT molecular complexity index is 1430. The first-order valence-electron chi connectivity index (χ1n) is 10.6. The Labute approximate surface area is 195 Å². The Morgan fingerprint density at radius 2 is 1.06 bits per heavy atom. The first kappa shape index (κ1) is 21.0. The molecule has 0 spiro atoms. The molecule has 0 atom stereocenters. The molecule has 1 heterocycles. The summed E-state index contributed by atoms with van der Waals surface area (Å²) < 4.78 is 11.2. The summed E-state index contributed by atoms with van der Waals surface area (Å²) in [4.78, 5) is 25.1. The number of carbonyl (C=O) groups excluding carboxylic acids is 2. The first-order chi connectivity index (χ1) is 16.7. The molecule has 0 unspecified atom stereocenters. The van der Waals surface area contributed by atoms with Crippen molar-refractivity contribution in [3.05, 3.63) is 126 Å². The molecule has 0 fully saturated rings. The third kappa shape index (κ3) is 4.52. The van der Waals surface area contributed by atoms with Crippen LogP contribution in [0.2, 0.25) is 0 Å². The molecule has 0 N–H and O–H groups in total. The second-order valence-corrected chi connectivity index (χ2v) is 7.46. The van der Waals surface area contributed by atoms with Gasteiger partial charge in [0.1, 0.15) is 5.75 Å². The largest absolute Gasteiger partial charge is 0.423 e. The Kier molecular flexibility index (Phi) is 5.78. The molecule has 0 radical (unpaired) electrons. The Hall–Kier alpha value is -4.84. The molecule has 5 rings (SSSR count). The highest BCUT2D eigenvalue weighted by atomic mass is 16.5. The molecule has 0 saturated heterocycles. The van der Waals surface area contributed by atoms with E-state index in [2.05, 4.69) is 10.2 Å². The van der Waals surface area contributed by atoms with Gasteiger partial charge in [-0.05, 0) is 60.7 Å². The van der Waals surface area contributed by atoms with Gasteiger partial charge in [-0.2, -0.15) is 0 Å². The summed E-state index contributed by atoms with van der Waals surface area (Å²) in [6.45, 7) is 0. The van der Waals surface area contributed by atoms with Crippen molar-refractivity contribution in [1.29, 1.82) is 0 Å². The maximum atomic E-state index is 12.6. The van der Waals surface area contributed by atoms with E-state index < -0.39 is 5.97 Å². The average Bonchev–Trinajstić information content (AvgIpc) is 3.40. The van der Waals surface area contributed by atoms with Gasteiger partial charge < -0.3 is 9.15 Å². The lowest BCUT2D eigenvalue weighted by molar-refractivity contribution is 0.0734. The summed E-state index contributed by atoms with van der Waals surface area (Å²) in [6, 6.07) is 31.7. The lowest BCUT2D eigenvalue weighted by Gasteiger charge is -2.06. The Balaban J connectivity index is 1.25. The van der Waals surface area contributed by atoms with Gasteiger partial charge in [0, 0.05) is 22.3 Å². The van der Waals surface area contributed by atoms with Crippen LogP contribution in [0, 0.1) is 0 Å². The summed E-state index contributed by atoms with van der Waals surface area (Å²) >= 11 is 0. The normalized spacial score (nSPS) is 10.6. The van der Waals surface area contributed by atoms with Crippen LogP contribution in [0.15, 0.2) is 114 Å². The van der Waals surface area contributed by atoms with Gasteiger partial charge >= 0.3 is 5.97 Å². The number of ketones is 1. The monoisotopic (exact) mass is 446 g/mol. The van der Waals surface area contributed by atoms with Crippen molar-refractivity contribution < 1.29 is 18.7 Å². The SMILES string of the molecule is O=C(Oc1ccc(C(=O)c2ccccc2)cc1)c1ccc(-c2nnc(-c3ccccc3)o2)cc1. The number of benzene rings is 4. The van der Waals surface area contributed by atoms with Crippen molar-refractivity contribution in [3.63, 3.8) is 0 Å². The third-order valence-electron chi connectivity index (χ3n) is 5.18. The fourth-order valence-corrected chi connectivity index (χ4v) is 3.38. The molecule has 0 aliphatic rings. The van der Waals surface area contributed by atoms with Gasteiger partial charge in [-0.1, -0.05) is 48.5 Å². The predicted octanol–water partition coefficient (Wildman–Crippen LogP) is 5.85. The zero-order valence-corrected chi connectivity index (χ0v) is 17.9. The number of hydrogen-bond acceptors (Lipinski definition) is 6. The van der Waals surface area contributed by atoms with E-state index in [1.165, 1.54) is 0 Å². The van der Waals surface area contributed by atoms with E-state index in [0.29, 0.717) is 39.8 Å². The predicted molar refractivity (Wildman–Crippen MR) is 126 cm³/mol. The molecule has 0 saturated carbocycles. The molecule has 34 heavy (non-hydrogen) atoms. The summed E-state index contributed by atoms with van der Waals surface area (Å²) in [7, 11) is 0. The minimum Gasteiger partial charge on any atom is -0.423 e. The molecule has 4 aromatic carbocycles. The highest BCUT2D eigenvalue weighted by Gasteiger charge is 2.14. The summed E-state index contributed by atoms with van der Waals surface area (Å²) in [5, 5.41) is 8.17. The number of carbonyl (C=O) groups is 2. The molecule has 5 aromatic rings. The van der Waals surface area contributed by atoms with Crippen molar-refractivity contribution in [1.82, 2.24) is 10.2 Å². The average molecular weight is 446 g/mol. The van der Waals surface area contributed by atoms with Crippen LogP contribution in [0.4, 0.5) is 0 Å². The second-order valence-electron chi connectivity index (χ2n) is 7.46. The van der Waals surface area contributed by atoms with Crippen LogP contribution in [0.5, 0.6) is 5.75 Å². The number of esters is 1. The highest BCUT2D eigenvalue weighted by Crippen LogP contribution is 2.24. The van der Waals surface area contributed by atoms with Gasteiger partial charge in [0.15, 0.2) is 5.78 Å². The van der Waals surface area contributed by atoms with Crippen LogP contribution in [-0.4, -0.2) is 21.9 Å². The van der Waals surface area contributed by atoms with E-state index in [1.54, 1.807) is 60.7 Å². The Morgan fingerprint density at radius 3 is 1.68 bits per heavy atom. The van der Waals surface area contributed by atoms with Crippen LogP contribution in [0.3, 0.4) is 0 Å². The topological polar surface area (TPSA) is 82.3 Å². The number of nitrogens with zero attached hydrogens (tertiary/aromatic N) is 2. The molecule has 6 heteroatoms. The van der Waals surface area contributed by atoms with E-state index in [1.807, 2.05) is 48.5 Å². The maximum Gasteiger partial charge on any atom is 0.343 e. The fourth-order valence-electron chi connectivity index (χ4n) is 3.38. The third-order valence-corrected chi connectivity index (χ3v) is 5.18. The van der Waals surface area contributed by atoms with Crippen LogP contribution in [0.25, 0.3) is 22.9 Å². The molecule has 0 aliphatic carbocycles. The molecule has 0 bridgehead atoms. The molecule has 6 nitrogen and oxygen atoms in total. The van der Waals surface area contributed by atoms with Crippen molar-refractivity contribution in [2.75, 3.05) is 0 Å². The van der Waals surface area contributed by atoms with Crippen molar-refractivity contribution >= 4 is 11.8 Å². The van der Waals surface area contributed by atoms with Gasteiger partial charge in [0.25, 0.3) is 0 Å². The van der Waals surface area contributed by atoms with E-state index in [4.69, 9.17) is 9.15 Å². The summed E-state index contributed by atoms with van der Waals surface area (Å²) in [6.07, 6.45) is 0. The molecule has 0 amide bonds. The van der Waals surface area contributed by atoms with Gasteiger partial charge in [-0.3, -0.25) is 4.79 Å². The highest BCUT2D eigenvalue weighted by molar-refractivity contribution is 6.09. The van der Waals surface area contributed by atoms with Crippen LogP contribution >= 0.6 is 0 Å². The van der Waals surface area contributed by atoms with Crippen LogP contribution < -0.4 is 4.74 Å². The maximum absolute atomic E-state index is 12.6. The quantitative estimate of drug-likeness (QED) is 0.185. The summed E-state index contributed by atoms with van der Waals surface area (Å²) in [5.41, 5.74) is 3.01. The van der Waals surface area contributed by atoms with E-state index >= 15 is 0 Å². The molecular formula is C28H18N2O4. The standard InChI is InChI=1S/C28H18N2O4/c31-25(19-7-3-1-4-8-19)20-15-17-24(18-16-20)33-28(32)23-13-11-22(12-14-23)27-30-29-26(34-27)21-9-5-2-6-10-21/h1-18H. The minimum absolute atomic E-state index is 0.0921. The van der Waals surface area contributed by atoms with E-state index in [-0.39, 0.29) is 5.78 Å². The van der Waals surface area contributed by atoms with Crippen molar-refractivity contribution in [3.8, 4) is 28.7 Å². The first-order valence-corrected chi connectivity index (χ1v) is 10.6. The zero-order chi connectivity index (χ0) is 23.3. The van der Waals surface area contributed by atoms with Crippen molar-refractivity contribution in [2.24, 2.45) is 0 Å². The zero-order valence-electron chi connectivity index (χ0n) is 17.9. The van der Waals surface area contributed by atoms with Crippen LogP contribution in [-0.2, 0) is 0 Å². The molecule has 1 aromatic heterocycles. The van der Waals surface area contributed by atoms with E-state index in [0.717, 1.165) is 5.56 Å². The van der Waals surface area contributed by atoms with Gasteiger partial charge in [0.05, 0.1) is 5.56 Å². The molecule has 164 valence electrons. The lowest BCUT2D eigenvalue weighted by atomic mass is 10.0. The molecule has 0 aliphatic heterocycles. The number of hydrogen-bond donors (Lipinski definition) is 0. The van der Waals surface area contributed by atoms with Crippen molar-refractivity contribution in [2.45, 2.75) is 0 Å².